The van der Waals surface area contributed by atoms with Crippen LogP contribution in [0.4, 0.5) is 26.3 Å². The fraction of sp³-hybridized carbons (Fsp3) is 0.583. The van der Waals surface area contributed by atoms with Gasteiger partial charge in [0.15, 0.2) is 0 Å². The molecule has 4 N–H and O–H groups in total. The minimum atomic E-state index is -4.84. The first-order chi connectivity index (χ1) is 28.7. The van der Waals surface area contributed by atoms with E-state index >= 15 is 0 Å². The van der Waals surface area contributed by atoms with Gasteiger partial charge in [0.1, 0.15) is 29.2 Å². The average Bonchev–Trinajstić information content (AvgIpc) is 3.18. The van der Waals surface area contributed by atoms with Crippen LogP contribution in [0.5, 0.6) is 11.5 Å². The normalized spacial score (nSPS) is 23.1. The Bertz CT molecular complexity index is 2250. The Morgan fingerprint density at radius 3 is 1.40 bits per heavy atom. The first-order valence-corrected chi connectivity index (χ1v) is 21.5. The first kappa shape index (κ1) is 47.3. The number of nitro groups is 1. The molecule has 2 fully saturated rings. The van der Waals surface area contributed by atoms with Crippen molar-refractivity contribution >= 4 is 21.5 Å². The largest absolute Gasteiger partial charge is 0.490 e. The van der Waals surface area contributed by atoms with Crippen molar-refractivity contribution in [2.45, 2.75) is 148 Å². The number of hydrogen-bond donors (Lipinski definition) is 3. The van der Waals surface area contributed by atoms with E-state index < -0.39 is 64.7 Å². The molecule has 62 heavy (non-hydrogen) atoms. The number of halogens is 6. The number of hydrogen-bond acceptors (Lipinski definition) is 7. The number of aliphatic hydroxyl groups is 2. The summed E-state index contributed by atoms with van der Waals surface area (Å²) in [6.45, 7) is 13.1. The third kappa shape index (κ3) is 9.67. The topological polar surface area (TPSA) is 128 Å². The van der Waals surface area contributed by atoms with Crippen molar-refractivity contribution in [2.24, 2.45) is 28.4 Å². The second-order valence-electron chi connectivity index (χ2n) is 20.1. The molecule has 0 spiro atoms. The van der Waals surface area contributed by atoms with Crippen LogP contribution in [0.15, 0.2) is 60.7 Å². The molecule has 2 aliphatic rings. The molecule has 14 heteroatoms. The van der Waals surface area contributed by atoms with Crippen LogP contribution in [0.25, 0.3) is 21.5 Å². The summed E-state index contributed by atoms with van der Waals surface area (Å²) >= 11 is 0. The van der Waals surface area contributed by atoms with Gasteiger partial charge < -0.3 is 25.4 Å². The van der Waals surface area contributed by atoms with Gasteiger partial charge in [0.25, 0.3) is 5.54 Å². The molecular weight excluding hydrogens is 815 g/mol. The maximum atomic E-state index is 14.7. The van der Waals surface area contributed by atoms with Crippen LogP contribution in [0.1, 0.15) is 129 Å². The van der Waals surface area contributed by atoms with E-state index in [0.29, 0.717) is 37.5 Å². The molecular formula is C48H60F6N2O6. The Morgan fingerprint density at radius 2 is 1.05 bits per heavy atom. The summed E-state index contributed by atoms with van der Waals surface area (Å²) in [6.07, 6.45) is -7.22. The van der Waals surface area contributed by atoms with Gasteiger partial charge in [0.2, 0.25) is 0 Å². The summed E-state index contributed by atoms with van der Waals surface area (Å²) in [5.41, 5.74) is 0.588. The zero-order valence-electron chi connectivity index (χ0n) is 36.6. The van der Waals surface area contributed by atoms with Gasteiger partial charge in [-0.05, 0) is 132 Å². The van der Waals surface area contributed by atoms with E-state index in [-0.39, 0.29) is 61.1 Å². The molecule has 0 radical (unpaired) electrons. The third-order valence-corrected chi connectivity index (χ3v) is 13.9. The van der Waals surface area contributed by atoms with Crippen molar-refractivity contribution < 1.29 is 51.0 Å². The Kier molecular flexibility index (Phi) is 13.1. The average molecular weight is 875 g/mol. The van der Waals surface area contributed by atoms with Crippen LogP contribution in [0, 0.1) is 32.8 Å². The van der Waals surface area contributed by atoms with Gasteiger partial charge in [-0.2, -0.15) is 26.3 Å². The summed E-state index contributed by atoms with van der Waals surface area (Å²) in [5, 5.41) is 35.0. The number of ether oxygens (including phenoxy) is 2. The molecule has 0 saturated heterocycles. The van der Waals surface area contributed by atoms with Gasteiger partial charge in [-0.15, -0.1) is 0 Å². The van der Waals surface area contributed by atoms with Gasteiger partial charge in [-0.1, -0.05) is 77.9 Å². The van der Waals surface area contributed by atoms with Crippen molar-refractivity contribution in [1.29, 1.82) is 0 Å². The monoisotopic (exact) mass is 874 g/mol. The number of nitrogens with two attached hydrogens (primary N) is 1. The molecule has 0 heterocycles. The molecule has 340 valence electrons. The summed E-state index contributed by atoms with van der Waals surface area (Å²) in [5.74, 6) is 0.236. The number of aliphatic hydroxyl groups excluding tert-OH is 2. The molecule has 0 aromatic heterocycles. The highest BCUT2D eigenvalue weighted by Gasteiger charge is 2.50. The van der Waals surface area contributed by atoms with Crippen molar-refractivity contribution in [3.8, 4) is 11.5 Å². The Balaban J connectivity index is 1.27. The van der Waals surface area contributed by atoms with Crippen LogP contribution in [-0.4, -0.2) is 40.1 Å². The summed E-state index contributed by atoms with van der Waals surface area (Å²) in [4.78, 5) is 12.1. The number of alkyl halides is 6. The molecule has 0 amide bonds. The smallest absolute Gasteiger partial charge is 0.420 e. The van der Waals surface area contributed by atoms with E-state index in [1.54, 1.807) is 0 Å². The standard InChI is InChI=1S/C48H60F6N2O6/c1-43(2,3)30-10-16-34(17-11-30)61-38-22-8-28-24-32(14-20-36(28)41(38)47(49,50)51)45(7,55)40(58)26-46(27-57,56(59)60)33-15-21-37-29(25-33)9-23-39(42(37)48(52,53)54)62-35-18-12-31(13-19-35)44(4,5)6/h8-9,14-15,20-25,30-31,34-35,40,57-58H,10-13,16-19,26-27,55H2,1-7H3. The fourth-order valence-corrected chi connectivity index (χ4v) is 9.71. The van der Waals surface area contributed by atoms with Gasteiger partial charge in [-0.3, -0.25) is 10.1 Å². The van der Waals surface area contributed by atoms with Crippen LogP contribution in [-0.2, 0) is 23.4 Å². The van der Waals surface area contributed by atoms with Crippen molar-refractivity contribution in [2.75, 3.05) is 6.61 Å². The SMILES string of the molecule is CC(C)(C)C1CCC(Oc2ccc3cc(C(C)(N)C(O)CC(CO)(c4ccc5c(C(F)(F)F)c(OC6CCC(C(C)(C)C)CC6)ccc5c4)[N+](=O)[O-])ccc3c2C(F)(F)F)CC1. The molecule has 4 aromatic rings. The van der Waals surface area contributed by atoms with Gasteiger partial charge in [0, 0.05) is 10.5 Å². The molecule has 0 aliphatic heterocycles. The van der Waals surface area contributed by atoms with Gasteiger partial charge >= 0.3 is 12.4 Å². The number of rotatable bonds is 11. The fourth-order valence-electron chi connectivity index (χ4n) is 9.71. The summed E-state index contributed by atoms with van der Waals surface area (Å²) in [7, 11) is 0. The van der Waals surface area contributed by atoms with E-state index in [1.807, 2.05) is 0 Å². The summed E-state index contributed by atoms with van der Waals surface area (Å²) < 4.78 is 100. The predicted molar refractivity (Wildman–Crippen MR) is 227 cm³/mol. The highest BCUT2D eigenvalue weighted by molar-refractivity contribution is 5.90. The first-order valence-electron chi connectivity index (χ1n) is 21.5. The lowest BCUT2D eigenvalue weighted by Gasteiger charge is -2.37. The molecule has 3 unspecified atom stereocenters. The van der Waals surface area contributed by atoms with Crippen LogP contribution in [0.3, 0.4) is 0 Å². The summed E-state index contributed by atoms with van der Waals surface area (Å²) in [6, 6.07) is 12.7. The maximum absolute atomic E-state index is 14.7. The van der Waals surface area contributed by atoms with Crippen LogP contribution >= 0.6 is 0 Å². The van der Waals surface area contributed by atoms with Crippen LogP contribution < -0.4 is 15.2 Å². The third-order valence-electron chi connectivity index (χ3n) is 13.9. The predicted octanol–water partition coefficient (Wildman–Crippen LogP) is 12.1. The van der Waals surface area contributed by atoms with Crippen LogP contribution in [0.2, 0.25) is 0 Å². The molecule has 8 nitrogen and oxygen atoms in total. The molecule has 2 saturated carbocycles. The molecule has 0 bridgehead atoms. The molecule has 4 aromatic carbocycles. The minimum Gasteiger partial charge on any atom is -0.490 e. The minimum absolute atomic E-state index is 0.000716. The second kappa shape index (κ2) is 17.1. The Morgan fingerprint density at radius 1 is 0.661 bits per heavy atom. The number of fused-ring (bicyclic) bond motifs is 2. The maximum Gasteiger partial charge on any atom is 0.420 e. The quantitative estimate of drug-likeness (QED) is 0.0777. The van der Waals surface area contributed by atoms with Crippen molar-refractivity contribution in [1.82, 2.24) is 0 Å². The van der Waals surface area contributed by atoms with E-state index in [0.717, 1.165) is 37.8 Å². The van der Waals surface area contributed by atoms with E-state index in [9.17, 15) is 46.7 Å². The van der Waals surface area contributed by atoms with Crippen molar-refractivity contribution in [3.05, 3.63) is 93.0 Å². The van der Waals surface area contributed by atoms with E-state index in [2.05, 4.69) is 41.5 Å². The Hall–Kier alpha value is -4.14. The lowest BCUT2D eigenvalue weighted by Crippen LogP contribution is -2.51. The van der Waals surface area contributed by atoms with E-state index in [4.69, 9.17) is 15.2 Å². The van der Waals surface area contributed by atoms with E-state index in [1.165, 1.54) is 55.5 Å². The Labute approximate surface area is 359 Å². The van der Waals surface area contributed by atoms with Gasteiger partial charge in [-0.25, -0.2) is 0 Å². The second-order valence-corrected chi connectivity index (χ2v) is 20.1. The zero-order valence-corrected chi connectivity index (χ0v) is 36.6. The number of nitrogens with zero attached hydrogens (tertiary/aromatic N) is 1. The lowest BCUT2D eigenvalue weighted by molar-refractivity contribution is -0.586. The highest BCUT2D eigenvalue weighted by Crippen LogP contribution is 2.47. The van der Waals surface area contributed by atoms with Gasteiger partial charge in [0.05, 0.1) is 30.3 Å². The lowest BCUT2D eigenvalue weighted by atomic mass is 9.72. The highest BCUT2D eigenvalue weighted by atomic mass is 19.4. The number of benzene rings is 4. The van der Waals surface area contributed by atoms with Crippen molar-refractivity contribution in [3.63, 3.8) is 0 Å². The molecule has 2 aliphatic carbocycles. The zero-order chi connectivity index (χ0) is 45.8. The molecule has 6 rings (SSSR count). The molecule has 3 atom stereocenters.